The highest BCUT2D eigenvalue weighted by molar-refractivity contribution is 9.10. The summed E-state index contributed by atoms with van der Waals surface area (Å²) in [5.74, 6) is 0. The molecule has 2 rings (SSSR count). The highest BCUT2D eigenvalue weighted by Gasteiger charge is 2.18. The summed E-state index contributed by atoms with van der Waals surface area (Å²) in [6, 6.07) is 2.24. The molecule has 2 nitrogen and oxygen atoms in total. The third kappa shape index (κ3) is 2.37. The number of likely N-dealkylation sites (tertiary alicyclic amines) is 1. The van der Waals surface area contributed by atoms with Gasteiger partial charge in [-0.05, 0) is 53.3 Å². The summed E-state index contributed by atoms with van der Waals surface area (Å²) in [4.78, 5) is 3.73. The lowest BCUT2D eigenvalue weighted by molar-refractivity contribution is 0.317. The molecular formula is C10H15BrN2S. The SMILES string of the molecule is NC(CN1CCCC1)c1sccc1Br. The highest BCUT2D eigenvalue weighted by Crippen LogP contribution is 2.28. The van der Waals surface area contributed by atoms with E-state index in [0.29, 0.717) is 0 Å². The number of hydrogen-bond acceptors (Lipinski definition) is 3. The van der Waals surface area contributed by atoms with Gasteiger partial charge in [0.05, 0.1) is 6.04 Å². The van der Waals surface area contributed by atoms with Crippen molar-refractivity contribution in [2.45, 2.75) is 18.9 Å². The standard InChI is InChI=1S/C10H15BrN2S/c11-8-3-6-14-10(8)9(12)7-13-4-1-2-5-13/h3,6,9H,1-2,4-5,7,12H2. The third-order valence-electron chi connectivity index (χ3n) is 2.64. The average molecular weight is 275 g/mol. The summed E-state index contributed by atoms with van der Waals surface area (Å²) in [5.41, 5.74) is 6.16. The molecule has 1 aliphatic heterocycles. The predicted octanol–water partition coefficient (Wildman–Crippen LogP) is 2.61. The number of thiophene rings is 1. The fourth-order valence-electron chi connectivity index (χ4n) is 1.90. The summed E-state index contributed by atoms with van der Waals surface area (Å²) in [6.45, 7) is 3.44. The molecule has 2 heterocycles. The van der Waals surface area contributed by atoms with E-state index in [9.17, 15) is 0 Å². The zero-order valence-corrected chi connectivity index (χ0v) is 10.5. The topological polar surface area (TPSA) is 29.3 Å². The first kappa shape index (κ1) is 10.6. The molecule has 14 heavy (non-hydrogen) atoms. The maximum absolute atomic E-state index is 6.16. The van der Waals surface area contributed by atoms with Crippen molar-refractivity contribution in [1.29, 1.82) is 0 Å². The van der Waals surface area contributed by atoms with Gasteiger partial charge in [0, 0.05) is 15.9 Å². The van der Waals surface area contributed by atoms with Crippen molar-refractivity contribution in [2.75, 3.05) is 19.6 Å². The van der Waals surface area contributed by atoms with Crippen LogP contribution < -0.4 is 5.73 Å². The minimum Gasteiger partial charge on any atom is -0.322 e. The highest BCUT2D eigenvalue weighted by atomic mass is 79.9. The second-order valence-electron chi connectivity index (χ2n) is 3.75. The number of nitrogens with zero attached hydrogens (tertiary/aromatic N) is 1. The molecule has 0 aromatic carbocycles. The van der Waals surface area contributed by atoms with Crippen molar-refractivity contribution in [3.63, 3.8) is 0 Å². The molecule has 1 saturated heterocycles. The first-order valence-corrected chi connectivity index (χ1v) is 6.65. The molecule has 0 spiro atoms. The van der Waals surface area contributed by atoms with Gasteiger partial charge in [0.2, 0.25) is 0 Å². The Morgan fingerprint density at radius 1 is 1.50 bits per heavy atom. The Morgan fingerprint density at radius 2 is 2.21 bits per heavy atom. The number of halogens is 1. The van der Waals surface area contributed by atoms with Crippen LogP contribution in [-0.2, 0) is 0 Å². The van der Waals surface area contributed by atoms with Gasteiger partial charge in [0.1, 0.15) is 0 Å². The van der Waals surface area contributed by atoms with Crippen molar-refractivity contribution < 1.29 is 0 Å². The van der Waals surface area contributed by atoms with Gasteiger partial charge in [0.25, 0.3) is 0 Å². The molecule has 0 radical (unpaired) electrons. The molecular weight excluding hydrogens is 260 g/mol. The van der Waals surface area contributed by atoms with Crippen molar-refractivity contribution in [1.82, 2.24) is 4.90 Å². The maximum atomic E-state index is 6.16. The van der Waals surface area contributed by atoms with E-state index in [-0.39, 0.29) is 6.04 Å². The van der Waals surface area contributed by atoms with E-state index in [0.717, 1.165) is 11.0 Å². The fourth-order valence-corrected chi connectivity index (χ4v) is 3.56. The normalized spacial score (nSPS) is 20.1. The van der Waals surface area contributed by atoms with Gasteiger partial charge in [-0.1, -0.05) is 0 Å². The van der Waals surface area contributed by atoms with E-state index in [1.807, 2.05) is 0 Å². The summed E-state index contributed by atoms with van der Waals surface area (Å²) >= 11 is 5.27. The lowest BCUT2D eigenvalue weighted by atomic mass is 10.2. The Hall–Kier alpha value is 0.100. The summed E-state index contributed by atoms with van der Waals surface area (Å²) < 4.78 is 1.16. The second-order valence-corrected chi connectivity index (χ2v) is 5.55. The third-order valence-corrected chi connectivity index (χ3v) is 4.64. The maximum Gasteiger partial charge on any atom is 0.0530 e. The predicted molar refractivity (Wildman–Crippen MR) is 64.6 cm³/mol. The summed E-state index contributed by atoms with van der Waals surface area (Å²) in [5, 5.41) is 2.09. The van der Waals surface area contributed by atoms with Crippen LogP contribution in [-0.4, -0.2) is 24.5 Å². The largest absolute Gasteiger partial charge is 0.322 e. The molecule has 0 aliphatic carbocycles. The van der Waals surface area contributed by atoms with E-state index in [4.69, 9.17) is 5.73 Å². The van der Waals surface area contributed by atoms with Gasteiger partial charge in [-0.3, -0.25) is 0 Å². The smallest absolute Gasteiger partial charge is 0.0530 e. The van der Waals surface area contributed by atoms with Gasteiger partial charge >= 0.3 is 0 Å². The lowest BCUT2D eigenvalue weighted by Gasteiger charge is -2.19. The van der Waals surface area contributed by atoms with E-state index in [1.165, 1.54) is 30.8 Å². The fraction of sp³-hybridized carbons (Fsp3) is 0.600. The Bertz CT molecular complexity index is 294. The second kappa shape index (κ2) is 4.75. The molecule has 1 aromatic heterocycles. The molecule has 1 atom stereocenters. The van der Waals surface area contributed by atoms with E-state index < -0.39 is 0 Å². The van der Waals surface area contributed by atoms with Gasteiger partial charge in [0.15, 0.2) is 0 Å². The van der Waals surface area contributed by atoms with Crippen LogP contribution in [0.25, 0.3) is 0 Å². The molecule has 2 N–H and O–H groups in total. The van der Waals surface area contributed by atoms with Crippen molar-refractivity contribution in [2.24, 2.45) is 5.73 Å². The summed E-state index contributed by atoms with van der Waals surface area (Å²) in [7, 11) is 0. The lowest BCUT2D eigenvalue weighted by Crippen LogP contribution is -2.29. The molecule has 0 saturated carbocycles. The van der Waals surface area contributed by atoms with Crippen LogP contribution in [0.4, 0.5) is 0 Å². The molecule has 0 amide bonds. The first-order chi connectivity index (χ1) is 6.77. The Morgan fingerprint density at radius 3 is 2.79 bits per heavy atom. The average Bonchev–Trinajstić information content (AvgIpc) is 2.75. The van der Waals surface area contributed by atoms with Gasteiger partial charge < -0.3 is 10.6 Å². The number of nitrogens with two attached hydrogens (primary N) is 1. The van der Waals surface area contributed by atoms with Gasteiger partial charge in [-0.2, -0.15) is 0 Å². The van der Waals surface area contributed by atoms with E-state index >= 15 is 0 Å². The van der Waals surface area contributed by atoms with E-state index in [1.54, 1.807) is 11.3 Å². The molecule has 1 fully saturated rings. The molecule has 0 bridgehead atoms. The Kier molecular flexibility index (Phi) is 3.60. The summed E-state index contributed by atoms with van der Waals surface area (Å²) in [6.07, 6.45) is 2.66. The monoisotopic (exact) mass is 274 g/mol. The Labute approximate surface area is 97.2 Å². The number of hydrogen-bond donors (Lipinski definition) is 1. The van der Waals surface area contributed by atoms with Crippen molar-refractivity contribution in [3.8, 4) is 0 Å². The Balaban J connectivity index is 1.95. The van der Waals surface area contributed by atoms with Crippen LogP contribution in [0.15, 0.2) is 15.9 Å². The molecule has 4 heteroatoms. The minimum atomic E-state index is 0.169. The molecule has 1 aliphatic rings. The molecule has 1 unspecified atom stereocenters. The molecule has 1 aromatic rings. The first-order valence-electron chi connectivity index (χ1n) is 4.98. The van der Waals surface area contributed by atoms with E-state index in [2.05, 4.69) is 32.3 Å². The quantitative estimate of drug-likeness (QED) is 0.918. The van der Waals surface area contributed by atoms with Crippen LogP contribution in [0.2, 0.25) is 0 Å². The van der Waals surface area contributed by atoms with Crippen LogP contribution in [0.1, 0.15) is 23.8 Å². The van der Waals surface area contributed by atoms with Crippen molar-refractivity contribution in [3.05, 3.63) is 20.8 Å². The van der Waals surface area contributed by atoms with Crippen LogP contribution in [0.5, 0.6) is 0 Å². The van der Waals surface area contributed by atoms with Gasteiger partial charge in [-0.15, -0.1) is 11.3 Å². The van der Waals surface area contributed by atoms with Crippen LogP contribution >= 0.6 is 27.3 Å². The zero-order valence-electron chi connectivity index (χ0n) is 8.08. The minimum absolute atomic E-state index is 0.169. The van der Waals surface area contributed by atoms with Crippen LogP contribution in [0, 0.1) is 0 Å². The zero-order chi connectivity index (χ0) is 9.97. The van der Waals surface area contributed by atoms with Crippen LogP contribution in [0.3, 0.4) is 0 Å². The van der Waals surface area contributed by atoms with Crippen molar-refractivity contribution >= 4 is 27.3 Å². The number of rotatable bonds is 3. The molecule has 78 valence electrons. The van der Waals surface area contributed by atoms with Gasteiger partial charge in [-0.25, -0.2) is 0 Å².